The molecular formula is C30H39F3O. The van der Waals surface area contributed by atoms with Gasteiger partial charge < -0.3 is 4.74 Å². The van der Waals surface area contributed by atoms with Crippen molar-refractivity contribution in [3.05, 3.63) is 53.8 Å². The molecular weight excluding hydrogens is 433 g/mol. The first-order chi connectivity index (χ1) is 16.5. The third-order valence-electron chi connectivity index (χ3n) is 8.30. The molecule has 4 heteroatoms. The van der Waals surface area contributed by atoms with Gasteiger partial charge in [0, 0.05) is 0 Å². The van der Waals surface area contributed by atoms with Gasteiger partial charge in [0.15, 0.2) is 11.6 Å². The molecule has 0 heterocycles. The summed E-state index contributed by atoms with van der Waals surface area (Å²) >= 11 is 0. The van der Waals surface area contributed by atoms with Crippen LogP contribution in [0.25, 0.3) is 11.1 Å². The molecule has 1 nitrogen and oxygen atoms in total. The van der Waals surface area contributed by atoms with E-state index < -0.39 is 18.2 Å². The van der Waals surface area contributed by atoms with Gasteiger partial charge in [-0.05, 0) is 84.6 Å². The molecule has 4 rings (SSSR count). The average Bonchev–Trinajstić information content (AvgIpc) is 2.84. The topological polar surface area (TPSA) is 9.23 Å². The number of alkyl halides is 2. The highest BCUT2D eigenvalue weighted by atomic mass is 19.3. The third-order valence-corrected chi connectivity index (χ3v) is 8.30. The van der Waals surface area contributed by atoms with Gasteiger partial charge in [-0.15, -0.1) is 0 Å². The number of halogens is 3. The van der Waals surface area contributed by atoms with Gasteiger partial charge in [0.25, 0.3) is 0 Å². The first kappa shape index (κ1) is 25.1. The predicted octanol–water partition coefficient (Wildman–Crippen LogP) is 9.75. The fraction of sp³-hybridized carbons (Fsp3) is 0.600. The van der Waals surface area contributed by atoms with Crippen LogP contribution in [0.15, 0.2) is 42.5 Å². The highest BCUT2D eigenvalue weighted by Crippen LogP contribution is 2.48. The van der Waals surface area contributed by atoms with Crippen molar-refractivity contribution in [1.29, 1.82) is 0 Å². The normalized spacial score (nSPS) is 24.7. The molecule has 0 radical (unpaired) electrons. The molecule has 2 aromatic rings. The second-order valence-corrected chi connectivity index (χ2v) is 10.6. The maximum Gasteiger partial charge on any atom is 0.387 e. The third kappa shape index (κ3) is 6.58. The Morgan fingerprint density at radius 3 is 2.26 bits per heavy atom. The molecule has 0 aromatic heterocycles. The van der Waals surface area contributed by atoms with Gasteiger partial charge in [-0.2, -0.15) is 8.78 Å². The standard InChI is InChI=1S/C30H39F3O/c1-2-3-4-5-6-7-21-8-9-26-19-25(15-14-24(26)18-21)22-10-12-23(13-11-22)27-16-17-29(28(31)20-27)34-30(32)33/h10-13,16-17,20-21,24-26,30H,2-9,14-15,18-19H2,1H3/t21?,24-,25-,26-/m1/s1. The number of ether oxygens (including phenoxy) is 1. The Morgan fingerprint density at radius 1 is 0.824 bits per heavy atom. The van der Waals surface area contributed by atoms with E-state index in [4.69, 9.17) is 0 Å². The lowest BCUT2D eigenvalue weighted by atomic mass is 9.63. The van der Waals surface area contributed by atoms with Crippen molar-refractivity contribution in [2.24, 2.45) is 17.8 Å². The molecule has 186 valence electrons. The summed E-state index contributed by atoms with van der Waals surface area (Å²) in [5, 5.41) is 0. The van der Waals surface area contributed by atoms with Gasteiger partial charge in [0.05, 0.1) is 0 Å². The van der Waals surface area contributed by atoms with E-state index >= 15 is 0 Å². The second kappa shape index (κ2) is 12.1. The fourth-order valence-corrected chi connectivity index (χ4v) is 6.41. The van der Waals surface area contributed by atoms with Gasteiger partial charge in [-0.25, -0.2) is 4.39 Å². The monoisotopic (exact) mass is 472 g/mol. The lowest BCUT2D eigenvalue weighted by Crippen LogP contribution is -2.30. The first-order valence-electron chi connectivity index (χ1n) is 13.4. The molecule has 0 spiro atoms. The molecule has 2 fully saturated rings. The van der Waals surface area contributed by atoms with Gasteiger partial charge in [0.1, 0.15) is 0 Å². The van der Waals surface area contributed by atoms with Gasteiger partial charge >= 0.3 is 6.61 Å². The molecule has 0 amide bonds. The van der Waals surface area contributed by atoms with E-state index in [-0.39, 0.29) is 0 Å². The molecule has 0 bridgehead atoms. The Kier molecular flexibility index (Phi) is 8.97. The van der Waals surface area contributed by atoms with E-state index in [2.05, 4.69) is 23.8 Å². The van der Waals surface area contributed by atoms with Crippen molar-refractivity contribution >= 4 is 0 Å². The second-order valence-electron chi connectivity index (χ2n) is 10.6. The van der Waals surface area contributed by atoms with Crippen LogP contribution in [0.2, 0.25) is 0 Å². The number of rotatable bonds is 10. The van der Waals surface area contributed by atoms with Crippen LogP contribution in [-0.4, -0.2) is 6.61 Å². The summed E-state index contributed by atoms with van der Waals surface area (Å²) in [6.45, 7) is -0.747. The highest BCUT2D eigenvalue weighted by Gasteiger charge is 2.35. The summed E-state index contributed by atoms with van der Waals surface area (Å²) in [5.74, 6) is 2.17. The molecule has 2 aromatic carbocycles. The Labute approximate surface area is 203 Å². The molecule has 1 unspecified atom stereocenters. The largest absolute Gasteiger partial charge is 0.432 e. The van der Waals surface area contributed by atoms with Crippen LogP contribution in [0.3, 0.4) is 0 Å². The molecule has 0 saturated heterocycles. The molecule has 2 aliphatic carbocycles. The Balaban J connectivity index is 1.29. The molecule has 4 atom stereocenters. The van der Waals surface area contributed by atoms with Crippen LogP contribution in [0.5, 0.6) is 5.75 Å². The fourth-order valence-electron chi connectivity index (χ4n) is 6.41. The highest BCUT2D eigenvalue weighted by molar-refractivity contribution is 5.64. The number of fused-ring (bicyclic) bond motifs is 1. The number of hydrogen-bond donors (Lipinski definition) is 0. The summed E-state index contributed by atoms with van der Waals surface area (Å²) in [4.78, 5) is 0. The van der Waals surface area contributed by atoms with E-state index in [9.17, 15) is 13.2 Å². The van der Waals surface area contributed by atoms with E-state index in [0.29, 0.717) is 11.5 Å². The van der Waals surface area contributed by atoms with Gasteiger partial charge in [-0.3, -0.25) is 0 Å². The summed E-state index contributed by atoms with van der Waals surface area (Å²) in [5.41, 5.74) is 2.93. The maximum atomic E-state index is 14.1. The van der Waals surface area contributed by atoms with Crippen molar-refractivity contribution in [2.75, 3.05) is 0 Å². The van der Waals surface area contributed by atoms with E-state index in [1.807, 2.05) is 12.1 Å². The lowest BCUT2D eigenvalue weighted by molar-refractivity contribution is -0.0521. The summed E-state index contributed by atoms with van der Waals surface area (Å²) in [6, 6.07) is 12.6. The Morgan fingerprint density at radius 2 is 1.53 bits per heavy atom. The predicted molar refractivity (Wildman–Crippen MR) is 133 cm³/mol. The van der Waals surface area contributed by atoms with Crippen molar-refractivity contribution in [3.8, 4) is 16.9 Å². The molecule has 0 N–H and O–H groups in total. The SMILES string of the molecule is CCCCCCCC1CC[C@@H]2C[C@H](c3ccc(-c4ccc(OC(F)F)c(F)c4)cc3)CC[C@@H]2C1. The van der Waals surface area contributed by atoms with Crippen LogP contribution in [0.4, 0.5) is 13.2 Å². The van der Waals surface area contributed by atoms with Crippen molar-refractivity contribution < 1.29 is 17.9 Å². The molecule has 2 aliphatic rings. The van der Waals surface area contributed by atoms with Crippen molar-refractivity contribution in [2.45, 2.75) is 96.5 Å². The zero-order chi connectivity index (χ0) is 23.9. The smallest absolute Gasteiger partial charge is 0.387 e. The van der Waals surface area contributed by atoms with E-state index in [1.54, 1.807) is 6.07 Å². The van der Waals surface area contributed by atoms with Crippen molar-refractivity contribution in [1.82, 2.24) is 0 Å². The quantitative estimate of drug-likeness (QED) is 0.313. The summed E-state index contributed by atoms with van der Waals surface area (Å²) in [7, 11) is 0. The van der Waals surface area contributed by atoms with Crippen LogP contribution >= 0.6 is 0 Å². The van der Waals surface area contributed by atoms with Gasteiger partial charge in [-0.1, -0.05) is 82.2 Å². The van der Waals surface area contributed by atoms with Crippen molar-refractivity contribution in [3.63, 3.8) is 0 Å². The first-order valence-corrected chi connectivity index (χ1v) is 13.4. The Hall–Kier alpha value is -1.97. The summed E-state index contributed by atoms with van der Waals surface area (Å²) in [6.07, 6.45) is 16.5. The zero-order valence-electron chi connectivity index (χ0n) is 20.5. The van der Waals surface area contributed by atoms with Crippen LogP contribution in [0, 0.1) is 23.6 Å². The van der Waals surface area contributed by atoms with Gasteiger partial charge in [0.2, 0.25) is 0 Å². The van der Waals surface area contributed by atoms with E-state index in [1.165, 1.54) is 94.7 Å². The molecule has 0 aliphatic heterocycles. The van der Waals surface area contributed by atoms with Crippen LogP contribution in [-0.2, 0) is 0 Å². The maximum absolute atomic E-state index is 14.1. The average molecular weight is 473 g/mol. The van der Waals surface area contributed by atoms with Crippen LogP contribution < -0.4 is 4.74 Å². The summed E-state index contributed by atoms with van der Waals surface area (Å²) < 4.78 is 43.1. The van der Waals surface area contributed by atoms with E-state index in [0.717, 1.165) is 23.3 Å². The number of unbranched alkanes of at least 4 members (excludes halogenated alkanes) is 4. The minimum Gasteiger partial charge on any atom is -0.432 e. The lowest BCUT2D eigenvalue weighted by Gasteiger charge is -2.42. The minimum atomic E-state index is -3.03. The molecule has 34 heavy (non-hydrogen) atoms. The minimum absolute atomic E-state index is 0.418. The molecule has 2 saturated carbocycles. The number of hydrogen-bond acceptors (Lipinski definition) is 1. The van der Waals surface area contributed by atoms with Crippen LogP contribution in [0.1, 0.15) is 95.5 Å². The number of benzene rings is 2. The Bertz CT molecular complexity index is 894. The zero-order valence-corrected chi connectivity index (χ0v) is 20.5.